The van der Waals surface area contributed by atoms with Crippen LogP contribution in [0.15, 0.2) is 18.2 Å². The molecule has 2 heteroatoms. The fourth-order valence-corrected chi connectivity index (χ4v) is 3.02. The van der Waals surface area contributed by atoms with E-state index in [1.54, 1.807) is 0 Å². The van der Waals surface area contributed by atoms with E-state index in [4.69, 9.17) is 4.74 Å². The first-order valence-corrected chi connectivity index (χ1v) is 8.89. The molecular weight excluding hydrogens is 272 g/mol. The Balaban J connectivity index is 2.17. The summed E-state index contributed by atoms with van der Waals surface area (Å²) in [6.45, 7) is 7.28. The highest BCUT2D eigenvalue weighted by Crippen LogP contribution is 2.21. The number of rotatable bonds is 12. The molecule has 0 heterocycles. The molecule has 1 rings (SSSR count). The number of benzene rings is 1. The number of aldehydes is 1. The molecule has 0 amide bonds. The molecule has 22 heavy (non-hydrogen) atoms. The topological polar surface area (TPSA) is 26.3 Å². The molecule has 0 fully saturated rings. The van der Waals surface area contributed by atoms with E-state index in [0.717, 1.165) is 42.1 Å². The Morgan fingerprint density at radius 3 is 2.36 bits per heavy atom. The fraction of sp³-hybridized carbons (Fsp3) is 0.650. The molecule has 0 unspecified atom stereocenters. The summed E-state index contributed by atoms with van der Waals surface area (Å²) in [7, 11) is 0. The van der Waals surface area contributed by atoms with E-state index in [1.807, 2.05) is 25.1 Å². The van der Waals surface area contributed by atoms with E-state index >= 15 is 0 Å². The molecule has 1 aromatic carbocycles. The van der Waals surface area contributed by atoms with Crippen molar-refractivity contribution in [1.29, 1.82) is 0 Å². The summed E-state index contributed by atoms with van der Waals surface area (Å²) in [5.74, 6) is 1.80. The van der Waals surface area contributed by atoms with Crippen LogP contribution in [-0.2, 0) is 0 Å². The maximum absolute atomic E-state index is 10.8. The molecule has 0 atom stereocenters. The molecule has 124 valence electrons. The van der Waals surface area contributed by atoms with Crippen molar-refractivity contribution < 1.29 is 9.53 Å². The predicted molar refractivity (Wildman–Crippen MR) is 93.8 cm³/mol. The normalized spacial score (nSPS) is 10.9. The summed E-state index contributed by atoms with van der Waals surface area (Å²) < 4.78 is 5.77. The van der Waals surface area contributed by atoms with Crippen LogP contribution in [0.5, 0.6) is 5.75 Å². The van der Waals surface area contributed by atoms with Crippen LogP contribution < -0.4 is 4.74 Å². The van der Waals surface area contributed by atoms with Gasteiger partial charge in [0.1, 0.15) is 12.0 Å². The number of aryl methyl sites for hydroxylation is 1. The van der Waals surface area contributed by atoms with Crippen molar-refractivity contribution in [2.24, 2.45) is 5.92 Å². The molecular formula is C20H32O2. The van der Waals surface area contributed by atoms with Gasteiger partial charge in [0.2, 0.25) is 0 Å². The van der Waals surface area contributed by atoms with E-state index in [2.05, 4.69) is 13.8 Å². The van der Waals surface area contributed by atoms with Crippen LogP contribution in [0.3, 0.4) is 0 Å². The van der Waals surface area contributed by atoms with Crippen LogP contribution in [0.1, 0.15) is 81.1 Å². The SMILES string of the molecule is CCCC(CCC)CCCCCOc1ccc(C=O)c(C)c1. The van der Waals surface area contributed by atoms with Gasteiger partial charge in [0.25, 0.3) is 0 Å². The second kappa shape index (κ2) is 11.3. The van der Waals surface area contributed by atoms with Gasteiger partial charge in [-0.15, -0.1) is 0 Å². The Morgan fingerprint density at radius 2 is 1.77 bits per heavy atom. The number of carbonyl (C=O) groups is 1. The molecule has 0 aromatic heterocycles. The van der Waals surface area contributed by atoms with Crippen LogP contribution >= 0.6 is 0 Å². The van der Waals surface area contributed by atoms with Gasteiger partial charge in [-0.25, -0.2) is 0 Å². The second-order valence-electron chi connectivity index (χ2n) is 6.28. The summed E-state index contributed by atoms with van der Waals surface area (Å²) >= 11 is 0. The molecule has 2 nitrogen and oxygen atoms in total. The highest BCUT2D eigenvalue weighted by molar-refractivity contribution is 5.77. The van der Waals surface area contributed by atoms with Crippen LogP contribution in [0.25, 0.3) is 0 Å². The van der Waals surface area contributed by atoms with Crippen LogP contribution in [0.2, 0.25) is 0 Å². The maximum Gasteiger partial charge on any atom is 0.150 e. The Labute approximate surface area is 136 Å². The minimum Gasteiger partial charge on any atom is -0.494 e. The lowest BCUT2D eigenvalue weighted by Crippen LogP contribution is -2.01. The van der Waals surface area contributed by atoms with Gasteiger partial charge in [-0.3, -0.25) is 4.79 Å². The lowest BCUT2D eigenvalue weighted by Gasteiger charge is -2.14. The molecule has 0 aliphatic heterocycles. The summed E-state index contributed by atoms with van der Waals surface area (Å²) in [4.78, 5) is 10.8. The van der Waals surface area contributed by atoms with Gasteiger partial charge in [0, 0.05) is 5.56 Å². The summed E-state index contributed by atoms with van der Waals surface area (Å²) in [5.41, 5.74) is 1.72. The Hall–Kier alpha value is -1.31. The van der Waals surface area contributed by atoms with Gasteiger partial charge in [-0.05, 0) is 43.0 Å². The number of carbonyl (C=O) groups excluding carboxylic acids is 1. The van der Waals surface area contributed by atoms with E-state index < -0.39 is 0 Å². The molecule has 0 aliphatic carbocycles. The van der Waals surface area contributed by atoms with Gasteiger partial charge in [0.05, 0.1) is 6.61 Å². The summed E-state index contributed by atoms with van der Waals surface area (Å²) in [6.07, 6.45) is 11.3. The average molecular weight is 304 g/mol. The Morgan fingerprint density at radius 1 is 1.05 bits per heavy atom. The third-order valence-corrected chi connectivity index (χ3v) is 4.29. The first-order chi connectivity index (χ1) is 10.7. The Bertz CT molecular complexity index is 420. The summed E-state index contributed by atoms with van der Waals surface area (Å²) in [6, 6.07) is 5.66. The quantitative estimate of drug-likeness (QED) is 0.351. The molecule has 0 radical (unpaired) electrons. The van der Waals surface area contributed by atoms with Crippen molar-refractivity contribution in [3.63, 3.8) is 0 Å². The third-order valence-electron chi connectivity index (χ3n) is 4.29. The van der Waals surface area contributed by atoms with Crippen molar-refractivity contribution in [2.45, 2.75) is 72.1 Å². The van der Waals surface area contributed by atoms with Gasteiger partial charge in [-0.2, -0.15) is 0 Å². The van der Waals surface area contributed by atoms with Crippen molar-refractivity contribution in [3.8, 4) is 5.75 Å². The third kappa shape index (κ3) is 7.11. The lowest BCUT2D eigenvalue weighted by molar-refractivity contribution is 0.112. The molecule has 0 bridgehead atoms. The van der Waals surface area contributed by atoms with Crippen molar-refractivity contribution in [2.75, 3.05) is 6.61 Å². The first-order valence-electron chi connectivity index (χ1n) is 8.89. The number of ether oxygens (including phenoxy) is 1. The van der Waals surface area contributed by atoms with Gasteiger partial charge in [0.15, 0.2) is 0 Å². The first kappa shape index (κ1) is 18.7. The minimum absolute atomic E-state index is 0.741. The average Bonchev–Trinajstić information content (AvgIpc) is 2.51. The highest BCUT2D eigenvalue weighted by atomic mass is 16.5. The number of hydrogen-bond acceptors (Lipinski definition) is 2. The van der Waals surface area contributed by atoms with Crippen LogP contribution in [0.4, 0.5) is 0 Å². The van der Waals surface area contributed by atoms with Crippen molar-refractivity contribution >= 4 is 6.29 Å². The molecule has 0 spiro atoms. The Kier molecular flexibility index (Phi) is 9.61. The fourth-order valence-electron chi connectivity index (χ4n) is 3.02. The zero-order chi connectivity index (χ0) is 16.2. The van der Waals surface area contributed by atoms with Gasteiger partial charge < -0.3 is 4.74 Å². The second-order valence-corrected chi connectivity index (χ2v) is 6.28. The molecule has 0 saturated heterocycles. The van der Waals surface area contributed by atoms with Crippen molar-refractivity contribution in [3.05, 3.63) is 29.3 Å². The molecule has 0 saturated carbocycles. The largest absolute Gasteiger partial charge is 0.494 e. The minimum atomic E-state index is 0.741. The molecule has 0 aliphatic rings. The standard InChI is InChI=1S/C20H32O2/c1-4-9-18(10-5-2)11-7-6-8-14-22-20-13-12-19(16-21)17(3)15-20/h12-13,15-16,18H,4-11,14H2,1-3H3. The number of unbranched alkanes of at least 4 members (excludes halogenated alkanes) is 2. The zero-order valence-corrected chi connectivity index (χ0v) is 14.6. The van der Waals surface area contributed by atoms with Crippen molar-refractivity contribution in [1.82, 2.24) is 0 Å². The van der Waals surface area contributed by atoms with Crippen LogP contribution in [-0.4, -0.2) is 12.9 Å². The van der Waals surface area contributed by atoms with Gasteiger partial charge in [-0.1, -0.05) is 58.8 Å². The summed E-state index contributed by atoms with van der Waals surface area (Å²) in [5, 5.41) is 0. The number of hydrogen-bond donors (Lipinski definition) is 0. The molecule has 0 N–H and O–H groups in total. The van der Waals surface area contributed by atoms with E-state index in [0.29, 0.717) is 0 Å². The van der Waals surface area contributed by atoms with E-state index in [1.165, 1.54) is 44.9 Å². The van der Waals surface area contributed by atoms with E-state index in [-0.39, 0.29) is 0 Å². The maximum atomic E-state index is 10.8. The van der Waals surface area contributed by atoms with Crippen LogP contribution in [0, 0.1) is 12.8 Å². The highest BCUT2D eigenvalue weighted by Gasteiger charge is 2.06. The zero-order valence-electron chi connectivity index (χ0n) is 14.6. The lowest BCUT2D eigenvalue weighted by atomic mass is 9.92. The molecule has 1 aromatic rings. The predicted octanol–water partition coefficient (Wildman–Crippen LogP) is 5.96. The van der Waals surface area contributed by atoms with E-state index in [9.17, 15) is 4.79 Å². The smallest absolute Gasteiger partial charge is 0.150 e. The monoisotopic (exact) mass is 304 g/mol. The van der Waals surface area contributed by atoms with Gasteiger partial charge >= 0.3 is 0 Å².